The van der Waals surface area contributed by atoms with Crippen LogP contribution in [0.15, 0.2) is 30.3 Å². The van der Waals surface area contributed by atoms with Crippen molar-refractivity contribution in [3.05, 3.63) is 35.9 Å². The molecule has 0 aliphatic heterocycles. The molecule has 0 radical (unpaired) electrons. The van der Waals surface area contributed by atoms with E-state index in [0.29, 0.717) is 23.5 Å². The van der Waals surface area contributed by atoms with Gasteiger partial charge in [0.1, 0.15) is 12.4 Å². The van der Waals surface area contributed by atoms with Crippen LogP contribution in [0.3, 0.4) is 0 Å². The number of ketones is 1. The predicted octanol–water partition coefficient (Wildman–Crippen LogP) is 5.92. The number of carbonyl (C=O) groups excluding carboxylic acids is 6. The maximum absolute atomic E-state index is 13.2. The lowest BCUT2D eigenvalue weighted by Crippen LogP contribution is -2.34. The van der Waals surface area contributed by atoms with E-state index >= 15 is 0 Å². The SMILES string of the molecule is CC(C)(C)C(=O)OCOC(=O)SC[C@H](CC(=O)C(C)(C)SC(=O)OCOC(=O)C(C)(C)C)C(=O)OCc1ccccc1. The Bertz CT molecular complexity index is 1100. The van der Waals surface area contributed by atoms with Gasteiger partial charge in [-0.2, -0.15) is 0 Å². The number of esters is 3. The third-order valence-electron chi connectivity index (χ3n) is 5.36. The molecule has 42 heavy (non-hydrogen) atoms. The molecule has 1 aromatic carbocycles. The monoisotopic (exact) mass is 628 g/mol. The van der Waals surface area contributed by atoms with Gasteiger partial charge >= 0.3 is 28.5 Å². The zero-order valence-electron chi connectivity index (χ0n) is 25.3. The number of rotatable bonds is 13. The summed E-state index contributed by atoms with van der Waals surface area (Å²) in [4.78, 5) is 74.3. The van der Waals surface area contributed by atoms with Gasteiger partial charge < -0.3 is 23.7 Å². The predicted molar refractivity (Wildman–Crippen MR) is 157 cm³/mol. The normalized spacial score (nSPS) is 12.5. The van der Waals surface area contributed by atoms with Crippen LogP contribution in [0.1, 0.15) is 67.4 Å². The lowest BCUT2D eigenvalue weighted by atomic mass is 9.97. The number of benzene rings is 1. The highest BCUT2D eigenvalue weighted by Gasteiger charge is 2.36. The number of carbonyl (C=O) groups is 6. The van der Waals surface area contributed by atoms with Gasteiger partial charge in [-0.3, -0.25) is 19.2 Å². The highest BCUT2D eigenvalue weighted by Crippen LogP contribution is 2.31. The fourth-order valence-electron chi connectivity index (χ4n) is 2.73. The van der Waals surface area contributed by atoms with E-state index in [1.165, 1.54) is 13.8 Å². The molecule has 1 rings (SSSR count). The van der Waals surface area contributed by atoms with Gasteiger partial charge in [-0.05, 0) is 84.5 Å². The maximum atomic E-state index is 13.2. The Labute approximate surface area is 255 Å². The molecule has 0 bridgehead atoms. The van der Waals surface area contributed by atoms with Crippen molar-refractivity contribution in [2.45, 2.75) is 73.2 Å². The number of ether oxygens (including phenoxy) is 5. The molecular weight excluding hydrogens is 588 g/mol. The maximum Gasteiger partial charge on any atom is 0.371 e. The van der Waals surface area contributed by atoms with E-state index in [-0.39, 0.29) is 18.8 Å². The summed E-state index contributed by atoms with van der Waals surface area (Å²) in [5, 5.41) is -1.66. The van der Waals surface area contributed by atoms with Crippen LogP contribution in [-0.2, 0) is 49.5 Å². The van der Waals surface area contributed by atoms with Crippen molar-refractivity contribution < 1.29 is 52.5 Å². The van der Waals surface area contributed by atoms with E-state index in [4.69, 9.17) is 23.7 Å². The van der Waals surface area contributed by atoms with Crippen molar-refractivity contribution in [1.29, 1.82) is 0 Å². The lowest BCUT2D eigenvalue weighted by Gasteiger charge is -2.24. The molecule has 0 saturated carbocycles. The van der Waals surface area contributed by atoms with Crippen LogP contribution >= 0.6 is 23.5 Å². The van der Waals surface area contributed by atoms with E-state index in [2.05, 4.69) is 0 Å². The van der Waals surface area contributed by atoms with Gasteiger partial charge in [-0.25, -0.2) is 9.59 Å². The topological polar surface area (TPSA) is 149 Å². The summed E-state index contributed by atoms with van der Waals surface area (Å²) < 4.78 is 23.7. The van der Waals surface area contributed by atoms with Crippen LogP contribution in [-0.4, -0.2) is 58.4 Å². The van der Waals surface area contributed by atoms with E-state index in [9.17, 15) is 28.8 Å². The summed E-state index contributed by atoms with van der Waals surface area (Å²) in [6, 6.07) is 8.91. The fourth-order valence-corrected chi connectivity index (χ4v) is 4.17. The Balaban J connectivity index is 2.79. The highest BCUT2D eigenvalue weighted by atomic mass is 32.2. The zero-order chi connectivity index (χ0) is 32.1. The Hall–Kier alpha value is -3.06. The molecule has 0 aromatic heterocycles. The molecule has 1 aromatic rings. The van der Waals surface area contributed by atoms with Crippen molar-refractivity contribution >= 4 is 57.8 Å². The quantitative estimate of drug-likeness (QED) is 0.145. The van der Waals surface area contributed by atoms with Gasteiger partial charge in [0.25, 0.3) is 0 Å². The van der Waals surface area contributed by atoms with Crippen LogP contribution in [0.25, 0.3) is 0 Å². The first-order chi connectivity index (χ1) is 19.3. The minimum absolute atomic E-state index is 0.0417. The van der Waals surface area contributed by atoms with E-state index < -0.39 is 69.4 Å². The number of Topliss-reactive ketones (excluding diaryl/α,β-unsaturated/α-hetero) is 1. The van der Waals surface area contributed by atoms with Gasteiger partial charge in [0.2, 0.25) is 13.6 Å². The lowest BCUT2D eigenvalue weighted by molar-refractivity contribution is -0.161. The molecule has 13 heteroatoms. The van der Waals surface area contributed by atoms with Crippen LogP contribution in [0.4, 0.5) is 9.59 Å². The van der Waals surface area contributed by atoms with Gasteiger partial charge in [0.05, 0.1) is 21.5 Å². The molecule has 11 nitrogen and oxygen atoms in total. The second-order valence-electron chi connectivity index (χ2n) is 11.7. The van der Waals surface area contributed by atoms with Crippen molar-refractivity contribution in [2.24, 2.45) is 16.7 Å². The van der Waals surface area contributed by atoms with Crippen molar-refractivity contribution in [3.63, 3.8) is 0 Å². The van der Waals surface area contributed by atoms with Crippen molar-refractivity contribution in [2.75, 3.05) is 19.3 Å². The first-order valence-corrected chi connectivity index (χ1v) is 14.9. The molecule has 234 valence electrons. The molecule has 0 saturated heterocycles. The summed E-state index contributed by atoms with van der Waals surface area (Å²) in [5.74, 6) is -3.54. The molecule has 0 spiro atoms. The zero-order valence-corrected chi connectivity index (χ0v) is 26.9. The summed E-state index contributed by atoms with van der Waals surface area (Å²) in [6.07, 6.45) is -0.348. The highest BCUT2D eigenvalue weighted by molar-refractivity contribution is 8.15. The van der Waals surface area contributed by atoms with Crippen LogP contribution in [0.5, 0.6) is 0 Å². The average molecular weight is 629 g/mol. The molecule has 0 amide bonds. The first-order valence-electron chi connectivity index (χ1n) is 13.1. The van der Waals surface area contributed by atoms with Crippen molar-refractivity contribution in [3.8, 4) is 0 Å². The smallest absolute Gasteiger partial charge is 0.371 e. The van der Waals surface area contributed by atoms with Gasteiger partial charge in [-0.1, -0.05) is 30.3 Å². The summed E-state index contributed by atoms with van der Waals surface area (Å²) >= 11 is 1.20. The van der Waals surface area contributed by atoms with Crippen LogP contribution in [0.2, 0.25) is 0 Å². The summed E-state index contributed by atoms with van der Waals surface area (Å²) in [7, 11) is 0. The average Bonchev–Trinajstić information content (AvgIpc) is 2.88. The van der Waals surface area contributed by atoms with Crippen LogP contribution < -0.4 is 0 Å². The van der Waals surface area contributed by atoms with Gasteiger partial charge in [-0.15, -0.1) is 0 Å². The molecule has 0 aliphatic rings. The minimum atomic E-state index is -1.32. The third-order valence-corrected chi connectivity index (χ3v) is 7.30. The summed E-state index contributed by atoms with van der Waals surface area (Å²) in [6.45, 7) is 11.6. The molecule has 0 fully saturated rings. The van der Waals surface area contributed by atoms with Crippen molar-refractivity contribution in [1.82, 2.24) is 0 Å². The first kappa shape index (κ1) is 37.0. The number of thioether (sulfide) groups is 2. The largest absolute Gasteiger partial charge is 0.461 e. The van der Waals surface area contributed by atoms with Gasteiger partial charge in [0.15, 0.2) is 0 Å². The van der Waals surface area contributed by atoms with Crippen LogP contribution in [0, 0.1) is 16.7 Å². The Morgan fingerprint density at radius 1 is 0.690 bits per heavy atom. The third kappa shape index (κ3) is 14.2. The number of hydrogen-bond acceptors (Lipinski definition) is 13. The second kappa shape index (κ2) is 16.5. The molecule has 0 aliphatic carbocycles. The molecule has 1 atom stereocenters. The molecule has 0 N–H and O–H groups in total. The van der Waals surface area contributed by atoms with Gasteiger partial charge in [0, 0.05) is 12.2 Å². The Morgan fingerprint density at radius 2 is 1.19 bits per heavy atom. The molecule has 0 heterocycles. The summed E-state index contributed by atoms with van der Waals surface area (Å²) in [5.41, 5.74) is -0.823. The molecular formula is C29H40O11S2. The van der Waals surface area contributed by atoms with E-state index in [1.807, 2.05) is 6.07 Å². The minimum Gasteiger partial charge on any atom is -0.461 e. The molecule has 0 unspecified atom stereocenters. The van der Waals surface area contributed by atoms with E-state index in [1.54, 1.807) is 65.8 Å². The number of hydrogen-bond donors (Lipinski definition) is 0. The standard InChI is InChI=1S/C29H40O11S2/c1-27(2,3)23(32)37-17-39-25(34)41-16-20(22(31)36-15-19-12-10-9-11-13-19)14-21(30)29(7,8)42-26(35)40-18-38-24(33)28(4,5)6/h9-13,20H,14-18H2,1-8H3/t20-/m0/s1. The second-order valence-corrected chi connectivity index (χ2v) is 14.2. The fraction of sp³-hybridized carbons (Fsp3) is 0.586. The van der Waals surface area contributed by atoms with E-state index in [0.717, 1.165) is 5.56 Å². The Kier molecular flexibility index (Phi) is 14.6. The Morgan fingerprint density at radius 3 is 1.69 bits per heavy atom.